The Bertz CT molecular complexity index is 479. The molecule has 2 rings (SSSR count). The highest BCUT2D eigenvalue weighted by molar-refractivity contribution is 5.62. The molecule has 0 saturated carbocycles. The normalized spacial score (nSPS) is 14.0. The van der Waals surface area contributed by atoms with Crippen LogP contribution in [-0.2, 0) is 0 Å². The van der Waals surface area contributed by atoms with Crippen LogP contribution in [0.5, 0.6) is 11.5 Å². The molecule has 0 aliphatic carbocycles. The molecule has 0 amide bonds. The summed E-state index contributed by atoms with van der Waals surface area (Å²) >= 11 is 0. The van der Waals surface area contributed by atoms with Crippen molar-refractivity contribution in [2.24, 2.45) is 0 Å². The number of ether oxygens (including phenoxy) is 2. The molecule has 5 heteroatoms. The maximum absolute atomic E-state index is 10.5. The average molecular weight is 221 g/mol. The third kappa shape index (κ3) is 1.71. The van der Waals surface area contributed by atoms with Gasteiger partial charge in [-0.05, 0) is 18.6 Å². The van der Waals surface area contributed by atoms with Gasteiger partial charge in [-0.15, -0.1) is 0 Å². The largest absolute Gasteiger partial charge is 0.454 e. The van der Waals surface area contributed by atoms with Crippen molar-refractivity contribution < 1.29 is 14.4 Å². The molecule has 0 N–H and O–H groups in total. The first-order chi connectivity index (χ1) is 7.59. The molecule has 0 fully saturated rings. The van der Waals surface area contributed by atoms with Gasteiger partial charge < -0.3 is 9.47 Å². The first-order valence-electron chi connectivity index (χ1n) is 4.81. The van der Waals surface area contributed by atoms with Crippen LogP contribution in [-0.4, -0.2) is 11.7 Å². The molecule has 5 nitrogen and oxygen atoms in total. The summed E-state index contributed by atoms with van der Waals surface area (Å²) in [6.45, 7) is 3.52. The Kier molecular flexibility index (Phi) is 2.52. The van der Waals surface area contributed by atoms with Gasteiger partial charge in [0.2, 0.25) is 12.5 Å². The van der Waals surface area contributed by atoms with Crippen molar-refractivity contribution in [2.45, 2.75) is 13.8 Å². The molecule has 0 radical (unpaired) electrons. The van der Waals surface area contributed by atoms with Crippen LogP contribution in [0.15, 0.2) is 17.8 Å². The molecule has 1 aliphatic rings. The lowest BCUT2D eigenvalue weighted by Crippen LogP contribution is -1.95. The Labute approximate surface area is 92.4 Å². The van der Waals surface area contributed by atoms with Crippen LogP contribution in [0.2, 0.25) is 0 Å². The number of allylic oxidation sites excluding steroid dienone is 1. The van der Waals surface area contributed by atoms with Gasteiger partial charge in [-0.2, -0.15) is 0 Å². The van der Waals surface area contributed by atoms with Gasteiger partial charge >= 0.3 is 0 Å². The van der Waals surface area contributed by atoms with Gasteiger partial charge in [-0.25, -0.2) is 0 Å². The fourth-order valence-corrected chi connectivity index (χ4v) is 1.56. The minimum Gasteiger partial charge on any atom is -0.454 e. The molecule has 0 bridgehead atoms. The van der Waals surface area contributed by atoms with Crippen LogP contribution in [0, 0.1) is 17.0 Å². The molecule has 0 unspecified atom stereocenters. The Morgan fingerprint density at radius 1 is 1.50 bits per heavy atom. The topological polar surface area (TPSA) is 61.6 Å². The lowest BCUT2D eigenvalue weighted by molar-refractivity contribution is -0.422. The van der Waals surface area contributed by atoms with E-state index in [2.05, 4.69) is 0 Å². The zero-order chi connectivity index (χ0) is 11.7. The number of nitrogens with zero attached hydrogens (tertiary/aromatic N) is 1. The van der Waals surface area contributed by atoms with Crippen molar-refractivity contribution >= 4 is 6.08 Å². The molecule has 84 valence electrons. The fourth-order valence-electron chi connectivity index (χ4n) is 1.56. The van der Waals surface area contributed by atoms with E-state index in [4.69, 9.17) is 9.47 Å². The number of nitro groups is 1. The van der Waals surface area contributed by atoms with Gasteiger partial charge in [0.05, 0.1) is 4.92 Å². The maximum Gasteiger partial charge on any atom is 0.243 e. The van der Waals surface area contributed by atoms with E-state index < -0.39 is 4.92 Å². The van der Waals surface area contributed by atoms with Crippen LogP contribution in [0.25, 0.3) is 6.08 Å². The smallest absolute Gasteiger partial charge is 0.243 e. The van der Waals surface area contributed by atoms with Gasteiger partial charge in [-0.1, -0.05) is 6.07 Å². The molecule has 1 aliphatic heterocycles. The van der Waals surface area contributed by atoms with Gasteiger partial charge in [-0.3, -0.25) is 10.1 Å². The summed E-state index contributed by atoms with van der Waals surface area (Å²) in [4.78, 5) is 10.1. The van der Waals surface area contributed by atoms with Gasteiger partial charge in [0.1, 0.15) is 0 Å². The zero-order valence-corrected chi connectivity index (χ0v) is 9.02. The highest BCUT2D eigenvalue weighted by atomic mass is 16.7. The van der Waals surface area contributed by atoms with E-state index in [1.54, 1.807) is 12.1 Å². The summed E-state index contributed by atoms with van der Waals surface area (Å²) in [7, 11) is 0. The molecule has 1 aromatic rings. The molecule has 0 atom stereocenters. The van der Waals surface area contributed by atoms with E-state index in [0.29, 0.717) is 11.5 Å². The van der Waals surface area contributed by atoms with Crippen LogP contribution in [0.3, 0.4) is 0 Å². The predicted molar refractivity (Wildman–Crippen MR) is 57.9 cm³/mol. The van der Waals surface area contributed by atoms with E-state index in [9.17, 15) is 10.1 Å². The Hall–Kier alpha value is -2.04. The number of rotatable bonds is 2. The van der Waals surface area contributed by atoms with Crippen molar-refractivity contribution in [3.05, 3.63) is 39.1 Å². The second-order valence-electron chi connectivity index (χ2n) is 3.56. The van der Waals surface area contributed by atoms with Crippen molar-refractivity contribution in [1.82, 2.24) is 0 Å². The number of fused-ring (bicyclic) bond motifs is 1. The summed E-state index contributed by atoms with van der Waals surface area (Å²) in [6, 6.07) is 3.55. The monoisotopic (exact) mass is 221 g/mol. The van der Waals surface area contributed by atoms with Crippen molar-refractivity contribution in [1.29, 1.82) is 0 Å². The molecular formula is C11H11NO4. The van der Waals surface area contributed by atoms with Crippen LogP contribution in [0.4, 0.5) is 0 Å². The summed E-state index contributed by atoms with van der Waals surface area (Å²) < 4.78 is 10.5. The van der Waals surface area contributed by atoms with Gasteiger partial charge in [0.15, 0.2) is 11.5 Å². The first-order valence-corrected chi connectivity index (χ1v) is 4.81. The Balaban J connectivity index is 2.44. The minimum atomic E-state index is -0.413. The summed E-state index contributed by atoms with van der Waals surface area (Å²) in [5, 5.41) is 10.5. The molecule has 1 aromatic carbocycles. The van der Waals surface area contributed by atoms with Gasteiger partial charge in [0.25, 0.3) is 0 Å². The van der Waals surface area contributed by atoms with Crippen molar-refractivity contribution in [2.75, 3.05) is 6.79 Å². The van der Waals surface area contributed by atoms with Crippen LogP contribution in [0.1, 0.15) is 18.1 Å². The molecular weight excluding hydrogens is 210 g/mol. The number of benzene rings is 1. The molecule has 0 saturated heterocycles. The number of hydrogen-bond donors (Lipinski definition) is 0. The van der Waals surface area contributed by atoms with E-state index in [1.165, 1.54) is 13.0 Å². The summed E-state index contributed by atoms with van der Waals surface area (Å²) in [6.07, 6.45) is 1.53. The molecule has 16 heavy (non-hydrogen) atoms. The number of hydrogen-bond acceptors (Lipinski definition) is 4. The fraction of sp³-hybridized carbons (Fsp3) is 0.273. The lowest BCUT2D eigenvalue weighted by Gasteiger charge is -2.04. The van der Waals surface area contributed by atoms with E-state index in [1.807, 2.05) is 6.92 Å². The molecule has 0 spiro atoms. The summed E-state index contributed by atoms with van der Waals surface area (Å²) in [5.41, 5.74) is 1.73. The van der Waals surface area contributed by atoms with E-state index >= 15 is 0 Å². The third-order valence-electron chi connectivity index (χ3n) is 2.48. The van der Waals surface area contributed by atoms with E-state index in [0.717, 1.165) is 11.1 Å². The van der Waals surface area contributed by atoms with E-state index in [-0.39, 0.29) is 12.5 Å². The third-order valence-corrected chi connectivity index (χ3v) is 2.48. The average Bonchev–Trinajstić information content (AvgIpc) is 2.70. The van der Waals surface area contributed by atoms with Crippen LogP contribution < -0.4 is 9.47 Å². The molecule has 0 aromatic heterocycles. The lowest BCUT2D eigenvalue weighted by atomic mass is 10.1. The predicted octanol–water partition coefficient (Wildman–Crippen LogP) is 2.36. The Morgan fingerprint density at radius 2 is 2.25 bits per heavy atom. The summed E-state index contributed by atoms with van der Waals surface area (Å²) in [5.74, 6) is 1.36. The quantitative estimate of drug-likeness (QED) is 0.568. The highest BCUT2D eigenvalue weighted by Gasteiger charge is 2.18. The second kappa shape index (κ2) is 3.84. The Morgan fingerprint density at radius 3 is 2.94 bits per heavy atom. The minimum absolute atomic E-state index is 0.0990. The van der Waals surface area contributed by atoms with Crippen molar-refractivity contribution in [3.63, 3.8) is 0 Å². The first kappa shape index (κ1) is 10.5. The second-order valence-corrected chi connectivity index (χ2v) is 3.56. The van der Waals surface area contributed by atoms with Crippen LogP contribution >= 0.6 is 0 Å². The molecule has 1 heterocycles. The SMILES string of the molecule is CC(=Cc1ccc2c(c1C)OCO2)[N+](=O)[O-]. The highest BCUT2D eigenvalue weighted by Crippen LogP contribution is 2.37. The van der Waals surface area contributed by atoms with Crippen molar-refractivity contribution in [3.8, 4) is 11.5 Å². The maximum atomic E-state index is 10.5. The standard InChI is InChI=1S/C11H11NO4/c1-7(12(13)14)5-9-3-4-10-11(8(9)2)16-6-15-10/h3-5H,6H2,1-2H3. The zero-order valence-electron chi connectivity index (χ0n) is 9.02. The van der Waals surface area contributed by atoms with Gasteiger partial charge in [0, 0.05) is 18.6 Å².